The van der Waals surface area contributed by atoms with Gasteiger partial charge in [0.15, 0.2) is 12.1 Å². The van der Waals surface area contributed by atoms with Crippen LogP contribution < -0.4 is 0 Å². The Morgan fingerprint density at radius 3 is 2.44 bits per heavy atom. The highest BCUT2D eigenvalue weighted by atomic mass is 32.1. The van der Waals surface area contributed by atoms with E-state index in [2.05, 4.69) is 10.1 Å². The van der Waals surface area contributed by atoms with E-state index in [0.29, 0.717) is 12.1 Å². The smallest absolute Gasteiger partial charge is 0.316 e. The molecule has 15 nitrogen and oxygen atoms in total. The second-order valence-corrected chi connectivity index (χ2v) is 19.2. The summed E-state index contributed by atoms with van der Waals surface area (Å²) in [6, 6.07) is 9.29. The van der Waals surface area contributed by atoms with Gasteiger partial charge in [-0.15, -0.1) is 11.3 Å². The number of aliphatic imine (C=N–C) groups is 1. The van der Waals surface area contributed by atoms with Crippen molar-refractivity contribution < 1.29 is 53.1 Å². The maximum Gasteiger partial charge on any atom is 0.316 e. The Morgan fingerprint density at radius 1 is 1.03 bits per heavy atom. The van der Waals surface area contributed by atoms with Gasteiger partial charge < -0.3 is 43.6 Å². The number of aliphatic hydroxyl groups is 2. The lowest BCUT2D eigenvalue weighted by atomic mass is 9.73. The second-order valence-electron chi connectivity index (χ2n) is 18.1. The average Bonchev–Trinajstić information content (AvgIpc) is 3.71. The van der Waals surface area contributed by atoms with Crippen molar-refractivity contribution in [1.82, 2.24) is 9.88 Å². The van der Waals surface area contributed by atoms with Gasteiger partial charge in [0.1, 0.15) is 29.4 Å². The minimum atomic E-state index is -1.84. The molecule has 0 radical (unpaired) electrons. The van der Waals surface area contributed by atoms with Gasteiger partial charge in [0.2, 0.25) is 6.10 Å². The van der Waals surface area contributed by atoms with E-state index < -0.39 is 95.3 Å². The van der Waals surface area contributed by atoms with Crippen LogP contribution >= 0.6 is 11.3 Å². The molecule has 3 fully saturated rings. The van der Waals surface area contributed by atoms with Crippen LogP contribution in [-0.2, 0) is 42.9 Å². The molecule has 6 heterocycles. The topological polar surface area (TPSA) is 188 Å². The molecule has 4 aliphatic rings. The summed E-state index contributed by atoms with van der Waals surface area (Å²) in [6.07, 6.45) is -4.42. The van der Waals surface area contributed by atoms with Crippen LogP contribution in [0.15, 0.2) is 46.7 Å². The first-order chi connectivity index (χ1) is 28.8. The molecule has 336 valence electrons. The number of amides is 1. The molecule has 61 heavy (non-hydrogen) atoms. The molecule has 2 aromatic heterocycles. The Hall–Kier alpha value is -3.48. The van der Waals surface area contributed by atoms with Gasteiger partial charge in [0.25, 0.3) is 5.91 Å². The molecular formula is C45H64N4O11S. The molecule has 4 aliphatic heterocycles. The summed E-state index contributed by atoms with van der Waals surface area (Å²) in [5, 5.41) is 28.7. The third kappa shape index (κ3) is 9.86. The first-order valence-corrected chi connectivity index (χ1v) is 22.3. The summed E-state index contributed by atoms with van der Waals surface area (Å²) in [5.74, 6) is -5.93. The number of thiophene rings is 1. The van der Waals surface area contributed by atoms with E-state index in [9.17, 15) is 24.6 Å². The number of carbonyl (C=O) groups excluding carboxylic acids is 3. The van der Waals surface area contributed by atoms with E-state index in [4.69, 9.17) is 33.5 Å². The molecule has 2 aromatic rings. The Bertz CT molecular complexity index is 1940. The largest absolute Gasteiger partial charge is 0.459 e. The van der Waals surface area contributed by atoms with Crippen molar-refractivity contribution in [3.8, 4) is 10.6 Å². The van der Waals surface area contributed by atoms with Crippen LogP contribution in [0.4, 0.5) is 0 Å². The van der Waals surface area contributed by atoms with Gasteiger partial charge in [-0.25, -0.2) is 4.99 Å². The summed E-state index contributed by atoms with van der Waals surface area (Å²) < 4.78 is 32.6. The van der Waals surface area contributed by atoms with Gasteiger partial charge in [-0.2, -0.15) is 0 Å². The van der Waals surface area contributed by atoms with Crippen LogP contribution in [0.1, 0.15) is 92.4 Å². The van der Waals surface area contributed by atoms with Crippen LogP contribution in [0.5, 0.6) is 0 Å². The summed E-state index contributed by atoms with van der Waals surface area (Å²) >= 11 is 1.50. The molecular weight excluding hydrogens is 805 g/mol. The van der Waals surface area contributed by atoms with Crippen molar-refractivity contribution >= 4 is 40.4 Å². The SMILES string of the molecule is CC[C@H]1OC(=O)[C@H](C)C(=O)[C@H](C)[C@@H](O[C@@H]2O[C@H](C)C[C@H](N(C)C)[C@H]2O)[C@@]2(C)C[C@@H](C)C3=NC(=O)C([C@@H](C)c4ccc(-c5ccccn5)s4)O/N=C(\CO[C@@H]([C@@H]3C)[C@]1(C)O)CO2. The van der Waals surface area contributed by atoms with Crippen LogP contribution in [0.25, 0.3) is 10.6 Å². The molecule has 2 N–H and O–H groups in total. The number of hydrogen-bond donors (Lipinski definition) is 2. The number of rotatable bonds is 7. The van der Waals surface area contributed by atoms with E-state index >= 15 is 0 Å². The van der Waals surface area contributed by atoms with Crippen LogP contribution in [-0.4, -0.2) is 137 Å². The Kier molecular flexibility index (Phi) is 14.7. The number of ether oxygens (including phenoxy) is 5. The van der Waals surface area contributed by atoms with E-state index in [0.717, 1.165) is 15.4 Å². The zero-order valence-corrected chi connectivity index (χ0v) is 38.1. The highest BCUT2D eigenvalue weighted by molar-refractivity contribution is 7.15. The average molecular weight is 869 g/mol. The Balaban J connectivity index is 1.50. The van der Waals surface area contributed by atoms with E-state index in [1.807, 2.05) is 83.9 Å². The molecule has 16 heteroatoms. The van der Waals surface area contributed by atoms with E-state index in [1.54, 1.807) is 20.0 Å². The molecule has 0 saturated carbocycles. The quantitative estimate of drug-likeness (QED) is 0.273. The lowest BCUT2D eigenvalue weighted by Gasteiger charge is -2.47. The van der Waals surface area contributed by atoms with Crippen molar-refractivity contribution in [2.45, 2.75) is 148 Å². The molecule has 6 rings (SSSR count). The zero-order valence-electron chi connectivity index (χ0n) is 37.3. The summed E-state index contributed by atoms with van der Waals surface area (Å²) in [6.45, 7) is 15.4. The van der Waals surface area contributed by atoms with Gasteiger partial charge >= 0.3 is 5.97 Å². The molecule has 1 amide bonds. The number of fused-ring (bicyclic) bond motifs is 4. The lowest BCUT2D eigenvalue weighted by molar-refractivity contribution is -0.296. The second kappa shape index (κ2) is 19.1. The number of hydrogen-bond acceptors (Lipinski definition) is 15. The van der Waals surface area contributed by atoms with Crippen molar-refractivity contribution in [2.75, 3.05) is 27.3 Å². The molecule has 1 unspecified atom stereocenters. The van der Waals surface area contributed by atoms with E-state index in [1.165, 1.54) is 25.2 Å². The lowest BCUT2D eigenvalue weighted by Crippen LogP contribution is -2.60. The molecule has 0 aliphatic carbocycles. The highest BCUT2D eigenvalue weighted by Gasteiger charge is 2.53. The first kappa shape index (κ1) is 47.0. The zero-order chi connectivity index (χ0) is 44.6. The number of likely N-dealkylation sites (N-methyl/N-ethyl adjacent to an activating group) is 1. The number of nitrogens with zero attached hydrogens (tertiary/aromatic N) is 4. The van der Waals surface area contributed by atoms with Crippen LogP contribution in [0, 0.1) is 23.7 Å². The van der Waals surface area contributed by atoms with Crippen LogP contribution in [0.3, 0.4) is 0 Å². The predicted octanol–water partition coefficient (Wildman–Crippen LogP) is 5.21. The fourth-order valence-electron chi connectivity index (χ4n) is 9.49. The maximum absolute atomic E-state index is 14.7. The molecule has 0 spiro atoms. The standard InChI is InChI=1S/C45H64N4O11S/c1-12-34-45(9,54)40-26(5)35-23(2)20-44(8,39(27(6)36(50)28(7)42(53)58-34)59-43-37(51)31(49(10)11)19-24(3)57-43)56-22-29(21-55-40)48-60-38(41(52)47-35)25(4)32-16-17-33(61-32)30-15-13-14-18-46-30/h13-18,23-28,31,34,37-40,43,51,54H,12,19-22H2,1-11H3/b47-35?,48-29+/t23-,24-,25+,26-,27+,28-,31+,34-,37-,38?,39-,40+,43+,44-,45-/m1/s1. The third-order valence-corrected chi connectivity index (χ3v) is 14.4. The fourth-order valence-corrected chi connectivity index (χ4v) is 10.6. The number of pyridine rings is 1. The Labute approximate surface area is 363 Å². The van der Waals surface area contributed by atoms with Gasteiger partial charge in [-0.05, 0) is 91.2 Å². The van der Waals surface area contributed by atoms with Crippen molar-refractivity contribution in [2.24, 2.45) is 33.8 Å². The van der Waals surface area contributed by atoms with Crippen molar-refractivity contribution in [3.63, 3.8) is 0 Å². The number of esters is 1. The number of carbonyl (C=O) groups is 3. The minimum Gasteiger partial charge on any atom is -0.459 e. The van der Waals surface area contributed by atoms with Gasteiger partial charge in [-0.3, -0.25) is 19.4 Å². The minimum absolute atomic E-state index is 0.152. The highest BCUT2D eigenvalue weighted by Crippen LogP contribution is 2.41. The van der Waals surface area contributed by atoms with Crippen molar-refractivity contribution in [3.05, 3.63) is 41.4 Å². The number of Topliss-reactive ketones (excluding diaryl/α,β-unsaturated/α-hetero) is 1. The van der Waals surface area contributed by atoms with Crippen LogP contribution in [0.2, 0.25) is 0 Å². The van der Waals surface area contributed by atoms with Gasteiger partial charge in [-0.1, -0.05) is 45.8 Å². The molecule has 15 atom stereocenters. The normalized spacial score (nSPS) is 39.5. The first-order valence-electron chi connectivity index (χ1n) is 21.5. The Morgan fingerprint density at radius 2 is 1.77 bits per heavy atom. The van der Waals surface area contributed by atoms with Crippen molar-refractivity contribution in [1.29, 1.82) is 0 Å². The van der Waals surface area contributed by atoms with E-state index in [-0.39, 0.29) is 43.9 Å². The maximum atomic E-state index is 14.7. The monoisotopic (exact) mass is 868 g/mol. The summed E-state index contributed by atoms with van der Waals surface area (Å²) in [5.41, 5.74) is -1.76. The molecule has 3 saturated heterocycles. The number of aliphatic hydroxyl groups excluding tert-OH is 1. The third-order valence-electron chi connectivity index (χ3n) is 13.1. The van der Waals surface area contributed by atoms with Gasteiger partial charge in [0.05, 0.1) is 47.7 Å². The summed E-state index contributed by atoms with van der Waals surface area (Å²) in [7, 11) is 3.75. The fraction of sp³-hybridized carbons (Fsp3) is 0.689. The predicted molar refractivity (Wildman–Crippen MR) is 229 cm³/mol. The number of aromatic nitrogens is 1. The number of oxime groups is 1. The van der Waals surface area contributed by atoms with Gasteiger partial charge in [0, 0.05) is 40.6 Å². The molecule has 4 bridgehead atoms. The summed E-state index contributed by atoms with van der Waals surface area (Å²) in [4.78, 5) is 62.4. The number of cyclic esters (lactones) is 1. The molecule has 0 aromatic carbocycles. The number of ketones is 1.